The van der Waals surface area contributed by atoms with Crippen LogP contribution in [-0.2, 0) is 0 Å². The van der Waals surface area contributed by atoms with Gasteiger partial charge < -0.3 is 51.2 Å². The second-order valence-electron chi connectivity index (χ2n) is 0.750. The summed E-state index contributed by atoms with van der Waals surface area (Å²) in [5.41, 5.74) is 0. The molecule has 0 aliphatic carbocycles. The smallest absolute Gasteiger partial charge is 0.652 e. The van der Waals surface area contributed by atoms with Crippen LogP contribution >= 0.6 is 0 Å². The Morgan fingerprint density at radius 3 is 0.533 bits per heavy atom. The Morgan fingerprint density at radius 1 is 0.533 bits per heavy atom. The first-order valence-electron chi connectivity index (χ1n) is 1.84. The summed E-state index contributed by atoms with van der Waals surface area (Å²) in [5, 5.41) is 50.0. The number of carbonyl (C=O) groups excluding carboxylic acids is 3. The molecule has 3 N–H and O–H groups in total. The van der Waals surface area contributed by atoms with Crippen LogP contribution in [0.15, 0.2) is 0 Å². The van der Waals surface area contributed by atoms with E-state index in [0.717, 1.165) is 0 Å². The first-order valence-corrected chi connectivity index (χ1v) is 1.84. The molecule has 0 atom stereocenters. The topological polar surface area (TPSA) is 225 Å². The summed E-state index contributed by atoms with van der Waals surface area (Å²) in [7, 11) is 0. The first-order chi connectivity index (χ1) is 5.20. The van der Waals surface area contributed by atoms with Gasteiger partial charge in [-0.2, -0.15) is 0 Å². The average molecular weight is 251 g/mol. The molecule has 0 heterocycles. The van der Waals surface area contributed by atoms with Crippen molar-refractivity contribution < 1.29 is 45.0 Å². The molecular weight excluding hydrogens is 248 g/mol. The van der Waals surface area contributed by atoms with Crippen LogP contribution in [0.3, 0.4) is 0 Å². The van der Waals surface area contributed by atoms with Crippen LogP contribution in [0.25, 0.3) is 0 Å². The zero-order valence-corrected chi connectivity index (χ0v) is 9.35. The van der Waals surface area contributed by atoms with Crippen molar-refractivity contribution in [1.82, 2.24) is 6.15 Å². The van der Waals surface area contributed by atoms with Gasteiger partial charge in [0.1, 0.15) is 0 Å². The zero-order chi connectivity index (χ0) is 10.7. The largest absolute Gasteiger partial charge is 3.00 e. The molecule has 80 valence electrons. The summed E-state index contributed by atoms with van der Waals surface area (Å²) < 4.78 is 0. The fourth-order valence-corrected chi connectivity index (χ4v) is 0. The molecule has 0 spiro atoms. The zero-order valence-electron chi connectivity index (χ0n) is 7.04. The predicted molar refractivity (Wildman–Crippen MR) is 32.7 cm³/mol. The fraction of sp³-hybridized carbons (Fsp3) is 0. The molecule has 0 saturated carbocycles. The SMILES string of the molecule is N.O=C([O-])[O-].O=C([O-])[O-].O=C([O-])[O-].[Al+3].[Al+3]. The van der Waals surface area contributed by atoms with E-state index in [9.17, 15) is 0 Å². The van der Waals surface area contributed by atoms with E-state index in [4.69, 9.17) is 45.0 Å². The van der Waals surface area contributed by atoms with Gasteiger partial charge in [-0.15, -0.1) is 0 Å². The first kappa shape index (κ1) is 37.1. The van der Waals surface area contributed by atoms with Crippen molar-refractivity contribution in [3.05, 3.63) is 0 Å². The Kier molecular flexibility index (Phi) is 72.5. The van der Waals surface area contributed by atoms with Crippen LogP contribution < -0.4 is 36.8 Å². The number of rotatable bonds is 0. The normalized spacial score (nSPS) is 4.80. The molecule has 0 rings (SSSR count). The fourth-order valence-electron chi connectivity index (χ4n) is 0. The number of carbonyl (C=O) groups is 3. The van der Waals surface area contributed by atoms with Gasteiger partial charge in [-0.05, 0) is 18.5 Å². The Balaban J connectivity index is -0.0000000184. The van der Waals surface area contributed by atoms with Gasteiger partial charge in [0.15, 0.2) is 0 Å². The molecule has 0 saturated heterocycles. The van der Waals surface area contributed by atoms with Crippen molar-refractivity contribution in [2.45, 2.75) is 0 Å². The molecule has 15 heavy (non-hydrogen) atoms. The average Bonchev–Trinajstić information content (AvgIpc) is 1.54. The number of hydrogen-bond donors (Lipinski definition) is 1. The van der Waals surface area contributed by atoms with Crippen molar-refractivity contribution in [2.24, 2.45) is 0 Å². The predicted octanol–water partition coefficient (Wildman–Crippen LogP) is -7.94. The Morgan fingerprint density at radius 2 is 0.533 bits per heavy atom. The second kappa shape index (κ2) is 29.3. The molecule has 0 aromatic heterocycles. The molecule has 0 aromatic carbocycles. The van der Waals surface area contributed by atoms with Crippen LogP contribution in [0.4, 0.5) is 14.4 Å². The third-order valence-corrected chi connectivity index (χ3v) is 0. The van der Waals surface area contributed by atoms with Gasteiger partial charge in [-0.1, -0.05) is 0 Å². The van der Waals surface area contributed by atoms with E-state index in [1.165, 1.54) is 0 Å². The Labute approximate surface area is 105 Å². The summed E-state index contributed by atoms with van der Waals surface area (Å²) in [4.78, 5) is 25.0. The minimum absolute atomic E-state index is 0. The van der Waals surface area contributed by atoms with Gasteiger partial charge in [0, 0.05) is 0 Å². The standard InChI is InChI=1S/3CH2O3.2Al.H3N/c3*2-1(3)4;;;/h3*(H2,2,3,4);;;1H3/q;;;2*+3;/p-6. The second-order valence-corrected chi connectivity index (χ2v) is 0.750. The van der Waals surface area contributed by atoms with Crippen LogP contribution in [0, 0.1) is 0 Å². The number of hydrogen-bond acceptors (Lipinski definition) is 10. The van der Waals surface area contributed by atoms with Gasteiger partial charge in [0.25, 0.3) is 0 Å². The summed E-state index contributed by atoms with van der Waals surface area (Å²) in [6, 6.07) is 0. The van der Waals surface area contributed by atoms with Gasteiger partial charge in [-0.3, -0.25) is 0 Å². The van der Waals surface area contributed by atoms with Gasteiger partial charge in [0.2, 0.25) is 0 Å². The molecule has 0 amide bonds. The van der Waals surface area contributed by atoms with Crippen LogP contribution in [0.1, 0.15) is 0 Å². The molecule has 0 bridgehead atoms. The third kappa shape index (κ3) is 1110. The van der Waals surface area contributed by atoms with Crippen molar-refractivity contribution in [1.29, 1.82) is 0 Å². The molecular formula is C3H3Al2NO9. The van der Waals surface area contributed by atoms with E-state index >= 15 is 0 Å². The quantitative estimate of drug-likeness (QED) is 0.399. The van der Waals surface area contributed by atoms with Crippen molar-refractivity contribution in [3.63, 3.8) is 0 Å². The van der Waals surface area contributed by atoms with Crippen LogP contribution in [-0.4, -0.2) is 53.2 Å². The molecule has 0 aliphatic heterocycles. The van der Waals surface area contributed by atoms with Crippen molar-refractivity contribution in [2.75, 3.05) is 0 Å². The summed E-state index contributed by atoms with van der Waals surface area (Å²) in [6.45, 7) is 0. The number of carboxylic acid groups (broad SMARTS) is 6. The van der Waals surface area contributed by atoms with E-state index in [2.05, 4.69) is 0 Å². The summed E-state index contributed by atoms with van der Waals surface area (Å²) in [6.07, 6.45) is -7.00. The van der Waals surface area contributed by atoms with E-state index < -0.39 is 18.5 Å². The van der Waals surface area contributed by atoms with Crippen molar-refractivity contribution >= 4 is 53.2 Å². The summed E-state index contributed by atoms with van der Waals surface area (Å²) in [5.74, 6) is 0. The maximum absolute atomic E-state index is 8.33. The molecule has 10 nitrogen and oxygen atoms in total. The molecule has 0 aliphatic rings. The summed E-state index contributed by atoms with van der Waals surface area (Å²) >= 11 is 0. The minimum Gasteiger partial charge on any atom is -0.652 e. The van der Waals surface area contributed by atoms with E-state index in [1.54, 1.807) is 0 Å². The Hall–Kier alpha value is -1.17. The maximum Gasteiger partial charge on any atom is 3.00 e. The minimum atomic E-state index is -2.33. The Bertz CT molecular complexity index is 121. The van der Waals surface area contributed by atoms with Gasteiger partial charge in [-0.25, -0.2) is 0 Å². The van der Waals surface area contributed by atoms with Crippen LogP contribution in [0.5, 0.6) is 0 Å². The third-order valence-electron chi connectivity index (χ3n) is 0. The van der Waals surface area contributed by atoms with E-state index in [1.807, 2.05) is 0 Å². The van der Waals surface area contributed by atoms with E-state index in [0.29, 0.717) is 0 Å². The molecule has 0 radical (unpaired) electrons. The molecule has 0 unspecified atom stereocenters. The van der Waals surface area contributed by atoms with Crippen molar-refractivity contribution in [3.8, 4) is 0 Å². The molecule has 0 fully saturated rings. The molecule has 0 aromatic rings. The van der Waals surface area contributed by atoms with Gasteiger partial charge in [0.05, 0.1) is 0 Å². The maximum atomic E-state index is 8.33. The molecule has 12 heteroatoms. The van der Waals surface area contributed by atoms with Gasteiger partial charge >= 0.3 is 34.7 Å². The van der Waals surface area contributed by atoms with Crippen LogP contribution in [0.2, 0.25) is 0 Å². The monoisotopic (exact) mass is 251 g/mol. The van der Waals surface area contributed by atoms with E-state index in [-0.39, 0.29) is 40.9 Å².